The summed E-state index contributed by atoms with van der Waals surface area (Å²) in [5.41, 5.74) is 8.08. The summed E-state index contributed by atoms with van der Waals surface area (Å²) in [4.78, 5) is 2.64. The van der Waals surface area contributed by atoms with Gasteiger partial charge < -0.3 is 9.47 Å². The molecule has 0 saturated heterocycles. The van der Waals surface area contributed by atoms with Crippen molar-refractivity contribution in [2.24, 2.45) is 5.11 Å². The SMILES string of the molecule is CCOc1ccccc1OCCN=[N+]=[N-]. The third kappa shape index (κ3) is 3.79. The fourth-order valence-corrected chi connectivity index (χ4v) is 1.09. The maximum atomic E-state index is 8.08. The van der Waals surface area contributed by atoms with Crippen LogP contribution >= 0.6 is 0 Å². The van der Waals surface area contributed by atoms with Gasteiger partial charge in [0, 0.05) is 4.91 Å². The van der Waals surface area contributed by atoms with Gasteiger partial charge in [0.1, 0.15) is 0 Å². The fraction of sp³-hybridized carbons (Fsp3) is 0.400. The van der Waals surface area contributed by atoms with E-state index in [-0.39, 0.29) is 0 Å². The van der Waals surface area contributed by atoms with Crippen molar-refractivity contribution in [1.29, 1.82) is 0 Å². The molecule has 15 heavy (non-hydrogen) atoms. The first-order valence-corrected chi connectivity index (χ1v) is 4.74. The van der Waals surface area contributed by atoms with Gasteiger partial charge in [-0.05, 0) is 24.6 Å². The minimum Gasteiger partial charge on any atom is -0.490 e. The van der Waals surface area contributed by atoms with Crippen LogP contribution in [0.25, 0.3) is 10.4 Å². The van der Waals surface area contributed by atoms with E-state index >= 15 is 0 Å². The Labute approximate surface area is 88.3 Å². The Hall–Kier alpha value is -1.87. The maximum absolute atomic E-state index is 8.08. The number of para-hydroxylation sites is 2. The van der Waals surface area contributed by atoms with Gasteiger partial charge in [-0.3, -0.25) is 0 Å². The lowest BCUT2D eigenvalue weighted by molar-refractivity contribution is 0.282. The van der Waals surface area contributed by atoms with E-state index in [1.807, 2.05) is 31.2 Å². The Morgan fingerprint density at radius 3 is 2.53 bits per heavy atom. The second kappa shape index (κ2) is 6.56. The van der Waals surface area contributed by atoms with Gasteiger partial charge in [0.2, 0.25) is 0 Å². The average molecular weight is 207 g/mol. The first-order chi connectivity index (χ1) is 7.38. The second-order valence-electron chi connectivity index (χ2n) is 2.68. The molecule has 0 radical (unpaired) electrons. The van der Waals surface area contributed by atoms with Crippen LogP contribution in [0.4, 0.5) is 0 Å². The molecule has 0 aliphatic rings. The minimum atomic E-state index is 0.316. The fourth-order valence-electron chi connectivity index (χ4n) is 1.09. The van der Waals surface area contributed by atoms with Gasteiger partial charge in [0.15, 0.2) is 11.5 Å². The molecule has 0 saturated carbocycles. The standard InChI is InChI=1S/C10H13N3O2/c1-2-14-9-5-3-4-6-10(9)15-8-7-12-13-11/h3-6H,2,7-8H2,1H3. The van der Waals surface area contributed by atoms with Gasteiger partial charge in [-0.25, -0.2) is 0 Å². The molecule has 0 aliphatic carbocycles. The summed E-state index contributed by atoms with van der Waals surface area (Å²) in [6.45, 7) is 3.18. The van der Waals surface area contributed by atoms with E-state index in [0.29, 0.717) is 31.3 Å². The number of nitrogens with zero attached hydrogens (tertiary/aromatic N) is 3. The summed E-state index contributed by atoms with van der Waals surface area (Å²) in [5, 5.41) is 3.38. The topological polar surface area (TPSA) is 67.2 Å². The number of benzene rings is 1. The highest BCUT2D eigenvalue weighted by atomic mass is 16.5. The molecule has 0 fully saturated rings. The van der Waals surface area contributed by atoms with E-state index in [4.69, 9.17) is 15.0 Å². The van der Waals surface area contributed by atoms with Gasteiger partial charge >= 0.3 is 0 Å². The predicted octanol–water partition coefficient (Wildman–Crippen LogP) is 2.77. The molecule has 0 aromatic heterocycles. The van der Waals surface area contributed by atoms with Gasteiger partial charge in [-0.1, -0.05) is 17.2 Å². The molecule has 1 aromatic rings. The number of hydrogen-bond donors (Lipinski definition) is 0. The van der Waals surface area contributed by atoms with E-state index in [2.05, 4.69) is 10.0 Å². The Bertz CT molecular complexity index is 348. The zero-order valence-corrected chi connectivity index (χ0v) is 8.59. The zero-order valence-electron chi connectivity index (χ0n) is 8.59. The van der Waals surface area contributed by atoms with Gasteiger partial charge in [0.25, 0.3) is 0 Å². The van der Waals surface area contributed by atoms with Gasteiger partial charge in [-0.2, -0.15) is 0 Å². The Morgan fingerprint density at radius 1 is 1.27 bits per heavy atom. The van der Waals surface area contributed by atoms with Crippen LogP contribution in [-0.4, -0.2) is 19.8 Å². The molecule has 0 spiro atoms. The summed E-state index contributed by atoms with van der Waals surface area (Å²) in [6, 6.07) is 7.41. The van der Waals surface area contributed by atoms with Crippen LogP contribution in [0.1, 0.15) is 6.92 Å². The number of hydrogen-bond acceptors (Lipinski definition) is 3. The average Bonchev–Trinajstić information content (AvgIpc) is 2.27. The number of azide groups is 1. The first kappa shape index (κ1) is 11.2. The lowest BCUT2D eigenvalue weighted by Gasteiger charge is -2.10. The molecule has 0 bridgehead atoms. The van der Waals surface area contributed by atoms with Crippen LogP contribution in [-0.2, 0) is 0 Å². The van der Waals surface area contributed by atoms with Crippen molar-refractivity contribution in [3.05, 3.63) is 34.7 Å². The molecule has 0 amide bonds. The molecule has 0 heterocycles. The quantitative estimate of drug-likeness (QED) is 0.311. The van der Waals surface area contributed by atoms with Crippen LogP contribution in [0, 0.1) is 0 Å². The van der Waals surface area contributed by atoms with Crippen molar-refractivity contribution in [1.82, 2.24) is 0 Å². The van der Waals surface area contributed by atoms with Crippen LogP contribution in [0.3, 0.4) is 0 Å². The highest BCUT2D eigenvalue weighted by Crippen LogP contribution is 2.25. The van der Waals surface area contributed by atoms with Crippen molar-refractivity contribution in [2.75, 3.05) is 19.8 Å². The lowest BCUT2D eigenvalue weighted by atomic mass is 10.3. The van der Waals surface area contributed by atoms with Crippen molar-refractivity contribution in [3.63, 3.8) is 0 Å². The van der Waals surface area contributed by atoms with Crippen molar-refractivity contribution < 1.29 is 9.47 Å². The van der Waals surface area contributed by atoms with E-state index in [1.165, 1.54) is 0 Å². The number of rotatable bonds is 6. The molecule has 0 atom stereocenters. The van der Waals surface area contributed by atoms with Gasteiger partial charge in [0.05, 0.1) is 19.8 Å². The summed E-state index contributed by atoms with van der Waals surface area (Å²) in [7, 11) is 0. The first-order valence-electron chi connectivity index (χ1n) is 4.74. The maximum Gasteiger partial charge on any atom is 0.161 e. The predicted molar refractivity (Wildman–Crippen MR) is 57.1 cm³/mol. The van der Waals surface area contributed by atoms with Crippen LogP contribution < -0.4 is 9.47 Å². The molecular weight excluding hydrogens is 194 g/mol. The van der Waals surface area contributed by atoms with Crippen LogP contribution in [0.2, 0.25) is 0 Å². The minimum absolute atomic E-state index is 0.316. The highest BCUT2D eigenvalue weighted by molar-refractivity contribution is 5.39. The Morgan fingerprint density at radius 2 is 1.93 bits per heavy atom. The molecule has 0 N–H and O–H groups in total. The van der Waals surface area contributed by atoms with E-state index in [1.54, 1.807) is 0 Å². The summed E-state index contributed by atoms with van der Waals surface area (Å²) < 4.78 is 10.8. The molecule has 0 aliphatic heterocycles. The van der Waals surface area contributed by atoms with Crippen LogP contribution in [0.5, 0.6) is 11.5 Å². The molecule has 80 valence electrons. The number of ether oxygens (including phenoxy) is 2. The summed E-state index contributed by atoms with van der Waals surface area (Å²) >= 11 is 0. The molecule has 1 rings (SSSR count). The third-order valence-corrected chi connectivity index (χ3v) is 1.66. The van der Waals surface area contributed by atoms with Crippen molar-refractivity contribution >= 4 is 0 Å². The van der Waals surface area contributed by atoms with E-state index < -0.39 is 0 Å². The molecular formula is C10H13N3O2. The largest absolute Gasteiger partial charge is 0.490 e. The van der Waals surface area contributed by atoms with Gasteiger partial charge in [-0.15, -0.1) is 0 Å². The zero-order chi connectivity index (χ0) is 10.9. The summed E-state index contributed by atoms with van der Waals surface area (Å²) in [5.74, 6) is 1.38. The molecule has 1 aromatic carbocycles. The van der Waals surface area contributed by atoms with Crippen molar-refractivity contribution in [2.45, 2.75) is 6.92 Å². The van der Waals surface area contributed by atoms with Crippen molar-refractivity contribution in [3.8, 4) is 11.5 Å². The second-order valence-corrected chi connectivity index (χ2v) is 2.68. The smallest absolute Gasteiger partial charge is 0.161 e. The normalized spacial score (nSPS) is 9.13. The highest BCUT2D eigenvalue weighted by Gasteiger charge is 2.01. The molecule has 5 nitrogen and oxygen atoms in total. The Balaban J connectivity index is 2.54. The van der Waals surface area contributed by atoms with Crippen LogP contribution in [0.15, 0.2) is 29.4 Å². The Kier molecular flexibility index (Phi) is 4.90. The molecule has 5 heteroatoms. The third-order valence-electron chi connectivity index (χ3n) is 1.66. The molecule has 0 unspecified atom stereocenters. The lowest BCUT2D eigenvalue weighted by Crippen LogP contribution is -2.02. The van der Waals surface area contributed by atoms with E-state index in [0.717, 1.165) is 0 Å². The monoisotopic (exact) mass is 207 g/mol. The summed E-state index contributed by atoms with van der Waals surface area (Å²) in [6.07, 6.45) is 0. The van der Waals surface area contributed by atoms with E-state index in [9.17, 15) is 0 Å².